The highest BCUT2D eigenvalue weighted by Crippen LogP contribution is 2.27. The van der Waals surface area contributed by atoms with Gasteiger partial charge in [-0.25, -0.2) is 4.39 Å². The summed E-state index contributed by atoms with van der Waals surface area (Å²) in [6, 6.07) is 4.40. The molecule has 2 radical (unpaired) electrons. The highest BCUT2D eigenvalue weighted by Gasteiger charge is 2.14. The number of furan rings is 1. The van der Waals surface area contributed by atoms with Crippen molar-refractivity contribution < 1.29 is 8.81 Å². The quantitative estimate of drug-likeness (QED) is 0.619. The third-order valence-corrected chi connectivity index (χ3v) is 1.91. The van der Waals surface area contributed by atoms with Gasteiger partial charge in [0, 0.05) is 5.39 Å². The predicted molar refractivity (Wildman–Crippen MR) is 50.7 cm³/mol. The molecule has 0 bridgehead atoms. The first-order chi connectivity index (χ1) is 6.63. The average Bonchev–Trinajstić information content (AvgIpc) is 2.41. The van der Waals surface area contributed by atoms with Crippen LogP contribution in [0.4, 0.5) is 10.3 Å². The van der Waals surface area contributed by atoms with Crippen molar-refractivity contribution >= 4 is 30.2 Å². The first kappa shape index (κ1) is 8.63. The number of anilines is 1. The van der Waals surface area contributed by atoms with Crippen molar-refractivity contribution in [2.75, 3.05) is 5.73 Å². The fourth-order valence-electron chi connectivity index (χ4n) is 1.31. The molecule has 2 rings (SSSR count). The van der Waals surface area contributed by atoms with Gasteiger partial charge in [-0.1, -0.05) is 11.5 Å². The number of halogens is 1. The lowest BCUT2D eigenvalue weighted by molar-refractivity contribution is 0.572. The standard InChI is InChI=1S/C9H4BFN2O/c10-4-1-5-6(3-12)9(13)14-8(5)7(11)2-4/h1-2H,13H2. The van der Waals surface area contributed by atoms with E-state index in [4.69, 9.17) is 23.3 Å². The molecule has 0 aliphatic rings. The number of benzene rings is 1. The van der Waals surface area contributed by atoms with Crippen molar-refractivity contribution in [3.05, 3.63) is 23.5 Å². The molecule has 0 amide bonds. The zero-order valence-electron chi connectivity index (χ0n) is 7.04. The zero-order chi connectivity index (χ0) is 10.3. The molecule has 5 heteroatoms. The zero-order valence-corrected chi connectivity index (χ0v) is 7.04. The molecule has 66 valence electrons. The molecule has 1 aromatic heterocycles. The van der Waals surface area contributed by atoms with Crippen LogP contribution in [0.3, 0.4) is 0 Å². The summed E-state index contributed by atoms with van der Waals surface area (Å²) < 4.78 is 18.1. The van der Waals surface area contributed by atoms with E-state index in [-0.39, 0.29) is 22.5 Å². The average molecular weight is 186 g/mol. The van der Waals surface area contributed by atoms with E-state index < -0.39 is 5.82 Å². The Balaban J connectivity index is 2.97. The van der Waals surface area contributed by atoms with Gasteiger partial charge < -0.3 is 10.2 Å². The summed E-state index contributed by atoms with van der Waals surface area (Å²) in [4.78, 5) is 0. The number of hydrogen-bond donors (Lipinski definition) is 1. The van der Waals surface area contributed by atoms with Crippen LogP contribution < -0.4 is 11.2 Å². The van der Waals surface area contributed by atoms with Crippen molar-refractivity contribution in [2.24, 2.45) is 0 Å². The van der Waals surface area contributed by atoms with Crippen molar-refractivity contribution in [1.29, 1.82) is 5.26 Å². The second kappa shape index (κ2) is 2.77. The second-order valence-corrected chi connectivity index (χ2v) is 2.83. The van der Waals surface area contributed by atoms with Crippen molar-refractivity contribution in [1.82, 2.24) is 0 Å². The van der Waals surface area contributed by atoms with Crippen LogP contribution in [0.5, 0.6) is 0 Å². The molecule has 1 aromatic carbocycles. The topological polar surface area (TPSA) is 62.9 Å². The van der Waals surface area contributed by atoms with Crippen molar-refractivity contribution in [3.8, 4) is 6.07 Å². The Morgan fingerprint density at radius 2 is 2.21 bits per heavy atom. The Kier molecular flexibility index (Phi) is 1.71. The van der Waals surface area contributed by atoms with E-state index in [0.29, 0.717) is 5.39 Å². The molecule has 14 heavy (non-hydrogen) atoms. The molecule has 0 saturated heterocycles. The predicted octanol–water partition coefficient (Wildman–Crippen LogP) is 0.820. The highest BCUT2D eigenvalue weighted by molar-refractivity contribution is 6.33. The molecule has 0 unspecified atom stereocenters. The molecule has 0 fully saturated rings. The van der Waals surface area contributed by atoms with Gasteiger partial charge in [-0.3, -0.25) is 0 Å². The maximum atomic E-state index is 13.2. The smallest absolute Gasteiger partial charge is 0.209 e. The molecule has 0 aliphatic heterocycles. The monoisotopic (exact) mass is 186 g/mol. The summed E-state index contributed by atoms with van der Waals surface area (Å²) in [7, 11) is 5.43. The van der Waals surface area contributed by atoms with Gasteiger partial charge in [-0.05, 0) is 6.07 Å². The van der Waals surface area contributed by atoms with Crippen molar-refractivity contribution in [3.63, 3.8) is 0 Å². The largest absolute Gasteiger partial charge is 0.436 e. The number of nitrogens with zero attached hydrogens (tertiary/aromatic N) is 1. The number of hydrogen-bond acceptors (Lipinski definition) is 3. The summed E-state index contributed by atoms with van der Waals surface area (Å²) in [5.41, 5.74) is 5.70. The minimum Gasteiger partial charge on any atom is -0.436 e. The Labute approximate surface area is 80.3 Å². The van der Waals surface area contributed by atoms with Crippen LogP contribution in [0, 0.1) is 17.1 Å². The fraction of sp³-hybridized carbons (Fsp3) is 0. The van der Waals surface area contributed by atoms with Gasteiger partial charge in [0.05, 0.1) is 0 Å². The third kappa shape index (κ3) is 1.04. The van der Waals surface area contributed by atoms with E-state index in [9.17, 15) is 4.39 Å². The molecule has 2 N–H and O–H groups in total. The lowest BCUT2D eigenvalue weighted by Crippen LogP contribution is -2.02. The lowest BCUT2D eigenvalue weighted by atomic mass is 9.94. The minimum absolute atomic E-state index is 0.0340. The normalized spacial score (nSPS) is 10.3. The van der Waals surface area contributed by atoms with Crippen LogP contribution in [0.25, 0.3) is 11.0 Å². The number of nitriles is 1. The number of fused-ring (bicyclic) bond motifs is 1. The van der Waals surface area contributed by atoms with Gasteiger partial charge in [0.15, 0.2) is 11.4 Å². The van der Waals surface area contributed by atoms with Crippen LogP contribution in [0.1, 0.15) is 5.56 Å². The summed E-state index contributed by atoms with van der Waals surface area (Å²) in [5.74, 6) is -0.708. The Morgan fingerprint density at radius 1 is 1.50 bits per heavy atom. The molecular formula is C9H4BFN2O. The second-order valence-electron chi connectivity index (χ2n) is 2.83. The van der Waals surface area contributed by atoms with E-state index in [1.165, 1.54) is 6.07 Å². The van der Waals surface area contributed by atoms with Gasteiger partial charge in [0.2, 0.25) is 5.88 Å². The number of nitrogen functional groups attached to an aromatic ring is 1. The number of nitrogens with two attached hydrogens (primary N) is 1. The summed E-state index contributed by atoms with van der Waals surface area (Å²) in [5, 5.41) is 9.04. The SMILES string of the molecule is [B]c1cc(F)c2oc(N)c(C#N)c2c1. The molecular weight excluding hydrogens is 182 g/mol. The molecule has 0 saturated carbocycles. The maximum Gasteiger partial charge on any atom is 0.209 e. The van der Waals surface area contributed by atoms with E-state index in [0.717, 1.165) is 6.07 Å². The summed E-state index contributed by atoms with van der Waals surface area (Å²) >= 11 is 0. The Morgan fingerprint density at radius 3 is 2.86 bits per heavy atom. The molecule has 1 heterocycles. The summed E-state index contributed by atoms with van der Waals surface area (Å²) in [6.07, 6.45) is 0. The fourth-order valence-corrected chi connectivity index (χ4v) is 1.31. The van der Waals surface area contributed by atoms with Crippen LogP contribution in [-0.2, 0) is 0 Å². The van der Waals surface area contributed by atoms with Crippen molar-refractivity contribution in [2.45, 2.75) is 0 Å². The van der Waals surface area contributed by atoms with E-state index >= 15 is 0 Å². The molecule has 3 nitrogen and oxygen atoms in total. The van der Waals surface area contributed by atoms with Gasteiger partial charge in [0.25, 0.3) is 0 Å². The van der Waals surface area contributed by atoms with Gasteiger partial charge in [0.1, 0.15) is 19.5 Å². The van der Waals surface area contributed by atoms with E-state index in [2.05, 4.69) is 0 Å². The Hall–Kier alpha value is -1.96. The number of rotatable bonds is 0. The molecule has 0 aliphatic carbocycles. The molecule has 2 aromatic rings. The third-order valence-electron chi connectivity index (χ3n) is 1.91. The molecule has 0 spiro atoms. The first-order valence-corrected chi connectivity index (χ1v) is 3.80. The van der Waals surface area contributed by atoms with E-state index in [1.54, 1.807) is 0 Å². The maximum absolute atomic E-state index is 13.2. The molecule has 0 atom stereocenters. The first-order valence-electron chi connectivity index (χ1n) is 3.80. The van der Waals surface area contributed by atoms with E-state index in [1.807, 2.05) is 6.07 Å². The van der Waals surface area contributed by atoms with Gasteiger partial charge in [-0.15, -0.1) is 0 Å². The van der Waals surface area contributed by atoms with Crippen LogP contribution in [0.2, 0.25) is 0 Å². The lowest BCUT2D eigenvalue weighted by Gasteiger charge is -1.94. The van der Waals surface area contributed by atoms with Gasteiger partial charge >= 0.3 is 0 Å². The van der Waals surface area contributed by atoms with Crippen LogP contribution in [0.15, 0.2) is 16.5 Å². The van der Waals surface area contributed by atoms with Crippen LogP contribution in [-0.4, -0.2) is 7.85 Å². The summed E-state index contributed by atoms with van der Waals surface area (Å²) in [6.45, 7) is 0. The highest BCUT2D eigenvalue weighted by atomic mass is 19.1. The minimum atomic E-state index is -0.617. The van der Waals surface area contributed by atoms with Crippen LogP contribution >= 0.6 is 0 Å². The Bertz CT molecular complexity index is 556. The van der Waals surface area contributed by atoms with Gasteiger partial charge in [-0.2, -0.15) is 5.26 Å².